The number of ether oxygens (including phenoxy) is 1. The minimum absolute atomic E-state index is 0.00381. The van der Waals surface area contributed by atoms with Crippen molar-refractivity contribution in [1.82, 2.24) is 4.90 Å². The third kappa shape index (κ3) is 9.43. The summed E-state index contributed by atoms with van der Waals surface area (Å²) in [6, 6.07) is 8.59. The van der Waals surface area contributed by atoms with E-state index in [1.807, 2.05) is 20.2 Å². The first kappa shape index (κ1) is 31.3. The van der Waals surface area contributed by atoms with Gasteiger partial charge in [-0.1, -0.05) is 20.3 Å². The van der Waals surface area contributed by atoms with Crippen LogP contribution >= 0.6 is 0 Å². The molecule has 2 N–H and O–H groups in total. The molecular weight excluding hydrogens is 481 g/mol. The highest BCUT2D eigenvalue weighted by molar-refractivity contribution is 5.97. The molecule has 2 aromatic carbocycles. The van der Waals surface area contributed by atoms with Crippen LogP contribution in [0.4, 0.5) is 15.8 Å². The van der Waals surface area contributed by atoms with E-state index in [1.54, 1.807) is 13.0 Å². The number of anilines is 2. The molecule has 0 aliphatic heterocycles. The van der Waals surface area contributed by atoms with Gasteiger partial charge in [0.25, 0.3) is 0 Å². The Balaban J connectivity index is 0.000000269. The molecule has 1 aliphatic rings. The highest BCUT2D eigenvalue weighted by Crippen LogP contribution is 2.31. The first-order valence-electron chi connectivity index (χ1n) is 13.8. The van der Waals surface area contributed by atoms with Gasteiger partial charge < -0.3 is 20.3 Å². The average molecular weight is 528 g/mol. The van der Waals surface area contributed by atoms with Crippen molar-refractivity contribution in [3.63, 3.8) is 0 Å². The number of hydrogen-bond donors (Lipinski definition) is 2. The van der Waals surface area contributed by atoms with Crippen LogP contribution in [0.1, 0.15) is 74.4 Å². The Hall–Kier alpha value is -2.93. The van der Waals surface area contributed by atoms with E-state index in [1.165, 1.54) is 36.8 Å². The van der Waals surface area contributed by atoms with Gasteiger partial charge in [0.2, 0.25) is 5.91 Å². The molecule has 1 aliphatic carbocycles. The second kappa shape index (κ2) is 15.5. The maximum Gasteiger partial charge on any atom is 0.227 e. The molecule has 0 unspecified atom stereocenters. The molecule has 0 bridgehead atoms. The van der Waals surface area contributed by atoms with E-state index in [0.717, 1.165) is 62.4 Å². The summed E-state index contributed by atoms with van der Waals surface area (Å²) in [4.78, 5) is 26.0. The third-order valence-corrected chi connectivity index (χ3v) is 7.31. The zero-order valence-electron chi connectivity index (χ0n) is 24.2. The summed E-state index contributed by atoms with van der Waals surface area (Å²) in [5.41, 5.74) is 4.74. The van der Waals surface area contributed by atoms with Crippen molar-refractivity contribution in [1.29, 1.82) is 0 Å². The highest BCUT2D eigenvalue weighted by atomic mass is 19.1. The molecule has 0 atom stereocenters. The van der Waals surface area contributed by atoms with Gasteiger partial charge in [0.05, 0.1) is 7.11 Å². The number of Topliss-reactive ketones (excluding diaryl/α,β-unsaturated/α-hetero) is 1. The Morgan fingerprint density at radius 2 is 1.74 bits per heavy atom. The molecule has 0 heterocycles. The maximum absolute atomic E-state index is 13.6. The van der Waals surface area contributed by atoms with Crippen molar-refractivity contribution in [3.05, 3.63) is 52.8 Å². The number of aryl methyl sites for hydroxylation is 1. The molecule has 1 amide bonds. The van der Waals surface area contributed by atoms with Gasteiger partial charge >= 0.3 is 0 Å². The number of hydrogen-bond acceptors (Lipinski definition) is 5. The summed E-state index contributed by atoms with van der Waals surface area (Å²) in [5, 5.41) is 6.17. The lowest BCUT2D eigenvalue weighted by Crippen LogP contribution is -2.27. The summed E-state index contributed by atoms with van der Waals surface area (Å²) in [6.45, 7) is 9.86. The van der Waals surface area contributed by atoms with Gasteiger partial charge in [-0.15, -0.1) is 0 Å². The average Bonchev–Trinajstić information content (AvgIpc) is 2.88. The fourth-order valence-corrected chi connectivity index (χ4v) is 4.95. The van der Waals surface area contributed by atoms with Gasteiger partial charge in [-0.2, -0.15) is 0 Å². The summed E-state index contributed by atoms with van der Waals surface area (Å²) in [6.07, 6.45) is 6.19. The monoisotopic (exact) mass is 527 g/mol. The van der Waals surface area contributed by atoms with Crippen molar-refractivity contribution in [2.45, 2.75) is 66.2 Å². The first-order valence-corrected chi connectivity index (χ1v) is 13.8. The van der Waals surface area contributed by atoms with E-state index in [9.17, 15) is 14.0 Å². The third-order valence-electron chi connectivity index (χ3n) is 7.31. The SMILES string of the molecule is CCC1CCC(C(=O)Nc2ccc(OC)c(F)c2)CC1.CCc1c(C)cc(NCCN(C)C)cc1C(C)=O. The van der Waals surface area contributed by atoms with E-state index in [0.29, 0.717) is 5.69 Å². The van der Waals surface area contributed by atoms with Crippen LogP contribution in [0.2, 0.25) is 0 Å². The number of nitrogens with zero attached hydrogens (tertiary/aromatic N) is 1. The lowest BCUT2D eigenvalue weighted by atomic mass is 9.80. The fraction of sp³-hybridized carbons (Fsp3) is 0.548. The fourth-order valence-electron chi connectivity index (χ4n) is 4.95. The summed E-state index contributed by atoms with van der Waals surface area (Å²) in [7, 11) is 5.52. The van der Waals surface area contributed by atoms with E-state index in [2.05, 4.69) is 42.4 Å². The van der Waals surface area contributed by atoms with Crippen molar-refractivity contribution in [2.24, 2.45) is 11.8 Å². The minimum atomic E-state index is -0.458. The summed E-state index contributed by atoms with van der Waals surface area (Å²) < 4.78 is 18.4. The number of benzene rings is 2. The number of halogens is 1. The Bertz CT molecular complexity index is 1060. The van der Waals surface area contributed by atoms with Gasteiger partial charge in [-0.25, -0.2) is 4.39 Å². The number of ketones is 1. The Labute approximate surface area is 228 Å². The van der Waals surface area contributed by atoms with Crippen molar-refractivity contribution in [2.75, 3.05) is 44.9 Å². The predicted octanol–water partition coefficient (Wildman–Crippen LogP) is 6.72. The van der Waals surface area contributed by atoms with Crippen LogP contribution in [0, 0.1) is 24.6 Å². The molecule has 2 aromatic rings. The van der Waals surface area contributed by atoms with Gasteiger partial charge in [0.1, 0.15) is 0 Å². The Morgan fingerprint density at radius 3 is 2.26 bits per heavy atom. The molecule has 1 saturated carbocycles. The van der Waals surface area contributed by atoms with Crippen molar-refractivity contribution < 1.29 is 18.7 Å². The standard InChI is InChI=1S/C16H22FNO2.C15H24N2O/c1-3-11-4-6-12(7-5-11)16(19)18-13-8-9-15(20-2)14(17)10-13;1-6-14-11(2)9-13(10-15(14)12(3)18)16-7-8-17(4)5/h8-12H,3-7H2,1-2H3,(H,18,19);9-10,16H,6-8H2,1-5H3. The van der Waals surface area contributed by atoms with Crippen LogP contribution in [-0.4, -0.2) is 50.9 Å². The number of rotatable bonds is 10. The van der Waals surface area contributed by atoms with E-state index in [-0.39, 0.29) is 23.4 Å². The molecule has 0 aromatic heterocycles. The lowest BCUT2D eigenvalue weighted by molar-refractivity contribution is -0.121. The van der Waals surface area contributed by atoms with Crippen LogP contribution in [0.25, 0.3) is 0 Å². The molecule has 210 valence electrons. The highest BCUT2D eigenvalue weighted by Gasteiger charge is 2.25. The predicted molar refractivity (Wildman–Crippen MR) is 155 cm³/mol. The Morgan fingerprint density at radius 1 is 1.05 bits per heavy atom. The smallest absolute Gasteiger partial charge is 0.227 e. The quantitative estimate of drug-likeness (QED) is 0.336. The van der Waals surface area contributed by atoms with Crippen molar-refractivity contribution in [3.8, 4) is 5.75 Å². The number of amides is 1. The Kier molecular flexibility index (Phi) is 12.7. The number of carbonyl (C=O) groups is 2. The molecule has 1 fully saturated rings. The first-order chi connectivity index (χ1) is 18.1. The van der Waals surface area contributed by atoms with Gasteiger partial charge in [0, 0.05) is 42.0 Å². The van der Waals surface area contributed by atoms with Crippen molar-refractivity contribution >= 4 is 23.1 Å². The molecule has 38 heavy (non-hydrogen) atoms. The topological polar surface area (TPSA) is 70.7 Å². The zero-order valence-corrected chi connectivity index (χ0v) is 24.2. The lowest BCUT2D eigenvalue weighted by Gasteiger charge is -2.26. The van der Waals surface area contributed by atoms with Gasteiger partial charge in [-0.3, -0.25) is 9.59 Å². The maximum atomic E-state index is 13.6. The van der Waals surface area contributed by atoms with E-state index >= 15 is 0 Å². The second-order valence-corrected chi connectivity index (χ2v) is 10.4. The van der Waals surface area contributed by atoms with E-state index < -0.39 is 5.82 Å². The van der Waals surface area contributed by atoms with Gasteiger partial charge in [-0.05, 0) is 101 Å². The molecule has 7 heteroatoms. The number of likely N-dealkylation sites (N-methyl/N-ethyl adjacent to an activating group) is 1. The molecule has 0 spiro atoms. The molecule has 0 saturated heterocycles. The zero-order chi connectivity index (χ0) is 28.2. The van der Waals surface area contributed by atoms with E-state index in [4.69, 9.17) is 4.74 Å². The summed E-state index contributed by atoms with van der Waals surface area (Å²) >= 11 is 0. The molecule has 3 rings (SSSR count). The second-order valence-electron chi connectivity index (χ2n) is 10.4. The molecular formula is C31H46FN3O3. The largest absolute Gasteiger partial charge is 0.494 e. The number of methoxy groups -OCH3 is 1. The number of nitrogens with one attached hydrogen (secondary N) is 2. The number of carbonyl (C=O) groups excluding carboxylic acids is 2. The van der Waals surface area contributed by atoms with Crippen LogP contribution in [0.5, 0.6) is 5.75 Å². The van der Waals surface area contributed by atoms with Crippen LogP contribution < -0.4 is 15.4 Å². The van der Waals surface area contributed by atoms with Crippen LogP contribution in [-0.2, 0) is 11.2 Å². The van der Waals surface area contributed by atoms with Gasteiger partial charge in [0.15, 0.2) is 17.3 Å². The summed E-state index contributed by atoms with van der Waals surface area (Å²) in [5.74, 6) is 0.696. The molecule has 0 radical (unpaired) electrons. The van der Waals surface area contributed by atoms with Crippen LogP contribution in [0.15, 0.2) is 30.3 Å². The normalized spacial score (nSPS) is 16.9. The minimum Gasteiger partial charge on any atom is -0.494 e. The van der Waals surface area contributed by atoms with Crippen LogP contribution in [0.3, 0.4) is 0 Å². The molecule has 6 nitrogen and oxygen atoms in total.